The van der Waals surface area contributed by atoms with Gasteiger partial charge in [0, 0.05) is 12.1 Å². The highest BCUT2D eigenvalue weighted by Crippen LogP contribution is 2.41. The number of hydrogen-bond donors (Lipinski definition) is 1. The van der Waals surface area contributed by atoms with Crippen LogP contribution >= 0.6 is 11.6 Å². The van der Waals surface area contributed by atoms with Crippen molar-refractivity contribution in [2.45, 2.75) is 35.3 Å². The molecule has 2 aromatic rings. The Kier molecular flexibility index (Phi) is 6.61. The van der Waals surface area contributed by atoms with E-state index in [2.05, 4.69) is 5.32 Å². The van der Waals surface area contributed by atoms with Crippen molar-refractivity contribution in [3.8, 4) is 0 Å². The van der Waals surface area contributed by atoms with Gasteiger partial charge in [0.05, 0.1) is 20.5 Å². The molecule has 11 heteroatoms. The number of nitrogens with one attached hydrogen (secondary N) is 1. The highest BCUT2D eigenvalue weighted by molar-refractivity contribution is 7.93. The maximum absolute atomic E-state index is 13.2. The number of carbonyl (C=O) groups excluding carboxylic acids is 2. The van der Waals surface area contributed by atoms with Crippen LogP contribution in [0.5, 0.6) is 0 Å². The van der Waals surface area contributed by atoms with Gasteiger partial charge in [-0.2, -0.15) is 0 Å². The molecule has 0 bridgehead atoms. The standard InChI is InChI=1S/C20H19ClN2O7S/c21-16-12-14(23(26)27)8-9-17(16)22-18(24)13-30-19(25)20(10-4-5-11-20)31(28,29)15-6-2-1-3-7-15/h1-3,6-9,12H,4-5,10-11,13H2,(H,22,24). The number of ether oxygens (including phenoxy) is 1. The van der Waals surface area contributed by atoms with E-state index >= 15 is 0 Å². The van der Waals surface area contributed by atoms with Gasteiger partial charge >= 0.3 is 5.97 Å². The number of non-ortho nitro benzene ring substituents is 1. The van der Waals surface area contributed by atoms with Crippen molar-refractivity contribution < 1.29 is 27.7 Å². The van der Waals surface area contributed by atoms with Gasteiger partial charge in [-0.3, -0.25) is 19.7 Å². The fraction of sp³-hybridized carbons (Fsp3) is 0.300. The first kappa shape index (κ1) is 22.7. The van der Waals surface area contributed by atoms with Gasteiger partial charge in [0.25, 0.3) is 11.6 Å². The van der Waals surface area contributed by atoms with E-state index in [1.165, 1.54) is 18.2 Å². The second-order valence-electron chi connectivity index (χ2n) is 7.06. The lowest BCUT2D eigenvalue weighted by atomic mass is 10.1. The predicted molar refractivity (Wildman–Crippen MR) is 113 cm³/mol. The molecule has 0 radical (unpaired) electrons. The lowest BCUT2D eigenvalue weighted by molar-refractivity contribution is -0.384. The van der Waals surface area contributed by atoms with Gasteiger partial charge in [-0.05, 0) is 31.0 Å². The molecule has 9 nitrogen and oxygen atoms in total. The number of nitro groups is 1. The summed E-state index contributed by atoms with van der Waals surface area (Å²) in [7, 11) is -4.02. The number of anilines is 1. The summed E-state index contributed by atoms with van der Waals surface area (Å²) in [6, 6.07) is 11.1. The minimum absolute atomic E-state index is 0.0240. The fourth-order valence-corrected chi connectivity index (χ4v) is 5.81. The van der Waals surface area contributed by atoms with Crippen LogP contribution in [0.25, 0.3) is 0 Å². The number of nitrogens with zero attached hydrogens (tertiary/aromatic N) is 1. The Morgan fingerprint density at radius 1 is 1.13 bits per heavy atom. The largest absolute Gasteiger partial charge is 0.454 e. The van der Waals surface area contributed by atoms with E-state index in [1.807, 2.05) is 0 Å². The Hall–Kier alpha value is -2.98. The molecule has 3 rings (SSSR count). The van der Waals surface area contributed by atoms with E-state index in [0.29, 0.717) is 12.8 Å². The highest BCUT2D eigenvalue weighted by Gasteiger charge is 2.54. The quantitative estimate of drug-likeness (QED) is 0.375. The van der Waals surface area contributed by atoms with E-state index < -0.39 is 38.0 Å². The Bertz CT molecular complexity index is 1110. The summed E-state index contributed by atoms with van der Waals surface area (Å²) >= 11 is 5.93. The first-order valence-electron chi connectivity index (χ1n) is 9.38. The molecule has 0 heterocycles. The van der Waals surface area contributed by atoms with Crippen molar-refractivity contribution in [1.82, 2.24) is 0 Å². The third-order valence-electron chi connectivity index (χ3n) is 5.12. The summed E-state index contributed by atoms with van der Waals surface area (Å²) in [6.45, 7) is -0.724. The Morgan fingerprint density at radius 3 is 2.35 bits per heavy atom. The van der Waals surface area contributed by atoms with Crippen molar-refractivity contribution in [2.75, 3.05) is 11.9 Å². The molecular weight excluding hydrogens is 448 g/mol. The summed E-state index contributed by atoms with van der Waals surface area (Å²) in [5.74, 6) is -1.73. The van der Waals surface area contributed by atoms with Crippen LogP contribution in [-0.2, 0) is 24.2 Å². The second-order valence-corrected chi connectivity index (χ2v) is 9.73. The maximum atomic E-state index is 13.2. The van der Waals surface area contributed by atoms with E-state index in [4.69, 9.17) is 16.3 Å². The Morgan fingerprint density at radius 2 is 1.77 bits per heavy atom. The molecule has 0 atom stereocenters. The molecule has 164 valence electrons. The SMILES string of the molecule is O=C(COC(=O)C1(S(=O)(=O)c2ccccc2)CCCC1)Nc1ccc([N+](=O)[O-])cc1Cl. The number of hydrogen-bond acceptors (Lipinski definition) is 7. The summed E-state index contributed by atoms with van der Waals surface area (Å²) in [5, 5.41) is 13.1. The van der Waals surface area contributed by atoms with E-state index in [0.717, 1.165) is 12.1 Å². The third-order valence-corrected chi connectivity index (χ3v) is 7.93. The van der Waals surface area contributed by atoms with Crippen LogP contribution in [0.3, 0.4) is 0 Å². The molecule has 1 N–H and O–H groups in total. The van der Waals surface area contributed by atoms with E-state index in [1.54, 1.807) is 18.2 Å². The molecular formula is C20H19ClN2O7S. The molecule has 0 spiro atoms. The number of benzene rings is 2. The van der Waals surface area contributed by atoms with Gasteiger partial charge in [-0.1, -0.05) is 42.6 Å². The molecule has 1 amide bonds. The minimum atomic E-state index is -4.02. The van der Waals surface area contributed by atoms with Crippen LogP contribution < -0.4 is 5.32 Å². The van der Waals surface area contributed by atoms with Gasteiger partial charge in [0.1, 0.15) is 0 Å². The molecule has 0 aromatic heterocycles. The van der Waals surface area contributed by atoms with Crippen molar-refractivity contribution in [3.63, 3.8) is 0 Å². The van der Waals surface area contributed by atoms with Gasteiger partial charge < -0.3 is 10.1 Å². The lowest BCUT2D eigenvalue weighted by Gasteiger charge is -2.26. The van der Waals surface area contributed by atoms with Crippen LogP contribution in [0, 0.1) is 10.1 Å². The molecule has 1 fully saturated rings. The number of amides is 1. The van der Waals surface area contributed by atoms with Gasteiger partial charge in [0.15, 0.2) is 21.2 Å². The predicted octanol–water partition coefficient (Wildman–Crippen LogP) is 3.52. The zero-order valence-corrected chi connectivity index (χ0v) is 17.8. The highest BCUT2D eigenvalue weighted by atomic mass is 35.5. The van der Waals surface area contributed by atoms with Gasteiger partial charge in [-0.25, -0.2) is 8.42 Å². The maximum Gasteiger partial charge on any atom is 0.328 e. The van der Waals surface area contributed by atoms with Crippen LogP contribution in [-0.4, -0.2) is 36.6 Å². The number of sulfone groups is 1. The number of halogens is 1. The van der Waals surface area contributed by atoms with E-state index in [-0.39, 0.29) is 34.1 Å². The average molecular weight is 467 g/mol. The molecule has 1 aliphatic carbocycles. The van der Waals surface area contributed by atoms with Crippen LogP contribution in [0.4, 0.5) is 11.4 Å². The monoisotopic (exact) mass is 466 g/mol. The molecule has 0 unspecified atom stereocenters. The number of rotatable bonds is 7. The number of esters is 1. The smallest absolute Gasteiger partial charge is 0.328 e. The van der Waals surface area contributed by atoms with Crippen LogP contribution in [0.1, 0.15) is 25.7 Å². The van der Waals surface area contributed by atoms with Crippen LogP contribution in [0.2, 0.25) is 5.02 Å². The second kappa shape index (κ2) is 9.03. The molecule has 2 aromatic carbocycles. The Labute approximate surface area is 183 Å². The zero-order chi connectivity index (χ0) is 22.6. The van der Waals surface area contributed by atoms with Gasteiger partial charge in [0.2, 0.25) is 0 Å². The molecule has 1 saturated carbocycles. The summed E-state index contributed by atoms with van der Waals surface area (Å²) < 4.78 is 29.7. The average Bonchev–Trinajstić information content (AvgIpc) is 3.26. The minimum Gasteiger partial charge on any atom is -0.454 e. The molecule has 0 aliphatic heterocycles. The first-order chi connectivity index (χ1) is 14.7. The molecule has 31 heavy (non-hydrogen) atoms. The molecule has 1 aliphatic rings. The summed E-state index contributed by atoms with van der Waals surface area (Å²) in [4.78, 5) is 35.2. The van der Waals surface area contributed by atoms with Crippen LogP contribution in [0.15, 0.2) is 53.4 Å². The van der Waals surface area contributed by atoms with E-state index in [9.17, 15) is 28.1 Å². The van der Waals surface area contributed by atoms with Crippen molar-refractivity contribution >= 4 is 44.7 Å². The zero-order valence-electron chi connectivity index (χ0n) is 16.2. The number of nitro benzene ring substituents is 1. The molecule has 0 saturated heterocycles. The topological polar surface area (TPSA) is 133 Å². The summed E-state index contributed by atoms with van der Waals surface area (Å²) in [6.07, 6.45) is 1.31. The van der Waals surface area contributed by atoms with Crippen molar-refractivity contribution in [2.24, 2.45) is 0 Å². The normalized spacial score (nSPS) is 15.3. The third kappa shape index (κ3) is 4.54. The Balaban J connectivity index is 1.71. The van der Waals surface area contributed by atoms with Crippen molar-refractivity contribution in [1.29, 1.82) is 0 Å². The summed E-state index contributed by atoms with van der Waals surface area (Å²) in [5.41, 5.74) is -0.149. The number of carbonyl (C=O) groups is 2. The lowest BCUT2D eigenvalue weighted by Crippen LogP contribution is -2.46. The fourth-order valence-electron chi connectivity index (χ4n) is 3.52. The first-order valence-corrected chi connectivity index (χ1v) is 11.2. The van der Waals surface area contributed by atoms with Gasteiger partial charge in [-0.15, -0.1) is 0 Å². The van der Waals surface area contributed by atoms with Crippen molar-refractivity contribution in [3.05, 3.63) is 63.7 Å².